The van der Waals surface area contributed by atoms with Gasteiger partial charge in [-0.05, 0) is 36.6 Å². The highest BCUT2D eigenvalue weighted by atomic mass is 79.9. The second kappa shape index (κ2) is 5.24. The summed E-state index contributed by atoms with van der Waals surface area (Å²) in [7, 11) is 0. The van der Waals surface area contributed by atoms with Gasteiger partial charge in [-0.2, -0.15) is 4.98 Å². The van der Waals surface area contributed by atoms with Crippen molar-refractivity contribution < 1.29 is 0 Å². The molecule has 0 bridgehead atoms. The number of fused-ring (bicyclic) bond motifs is 4. The summed E-state index contributed by atoms with van der Waals surface area (Å²) in [4.78, 5) is 11.3. The average Bonchev–Trinajstić information content (AvgIpc) is 3.10. The molecule has 118 valence electrons. The maximum Gasteiger partial charge on any atom is 0.257 e. The Kier molecular flexibility index (Phi) is 3.02. The van der Waals surface area contributed by atoms with Crippen LogP contribution in [-0.4, -0.2) is 31.1 Å². The third kappa shape index (κ3) is 1.94. The quantitative estimate of drug-likeness (QED) is 0.505. The first kappa shape index (κ1) is 13.9. The highest BCUT2D eigenvalue weighted by molar-refractivity contribution is 9.10. The largest absolute Gasteiger partial charge is 0.325 e. The minimum absolute atomic E-state index is 0.590. The van der Waals surface area contributed by atoms with Crippen LogP contribution < -0.4 is 4.90 Å². The SMILES string of the molecule is Brc1cccc2c1CCCN2c1nc2nncn2c2cnccc12. The van der Waals surface area contributed by atoms with Crippen molar-refractivity contribution in [1.29, 1.82) is 0 Å². The van der Waals surface area contributed by atoms with Crippen molar-refractivity contribution in [2.45, 2.75) is 12.8 Å². The first-order valence-corrected chi connectivity index (χ1v) is 8.60. The predicted molar refractivity (Wildman–Crippen MR) is 95.6 cm³/mol. The van der Waals surface area contributed by atoms with Gasteiger partial charge in [0, 0.05) is 28.3 Å². The molecule has 0 spiro atoms. The fourth-order valence-corrected chi connectivity index (χ4v) is 3.96. The highest BCUT2D eigenvalue weighted by Gasteiger charge is 2.23. The van der Waals surface area contributed by atoms with Crippen molar-refractivity contribution in [3.8, 4) is 0 Å². The molecule has 5 rings (SSSR count). The molecule has 4 heterocycles. The summed E-state index contributed by atoms with van der Waals surface area (Å²) < 4.78 is 3.02. The Balaban J connectivity index is 1.82. The van der Waals surface area contributed by atoms with Crippen molar-refractivity contribution in [2.24, 2.45) is 0 Å². The average molecular weight is 381 g/mol. The topological polar surface area (TPSA) is 59.2 Å². The maximum atomic E-state index is 4.79. The summed E-state index contributed by atoms with van der Waals surface area (Å²) in [5, 5.41) is 9.18. The van der Waals surface area contributed by atoms with Crippen LogP contribution in [0.1, 0.15) is 12.0 Å². The third-order valence-electron chi connectivity index (χ3n) is 4.49. The molecule has 0 atom stereocenters. The molecule has 7 heteroatoms. The molecule has 1 aliphatic rings. The number of halogens is 1. The number of rotatable bonds is 1. The Morgan fingerprint density at radius 2 is 2.12 bits per heavy atom. The van der Waals surface area contributed by atoms with Crippen LogP contribution in [0.5, 0.6) is 0 Å². The molecule has 6 nitrogen and oxygen atoms in total. The molecule has 0 fully saturated rings. The van der Waals surface area contributed by atoms with Gasteiger partial charge in [0.15, 0.2) is 0 Å². The lowest BCUT2D eigenvalue weighted by Gasteiger charge is -2.31. The second-order valence-corrected chi connectivity index (χ2v) is 6.68. The number of benzene rings is 1. The van der Waals surface area contributed by atoms with Crippen LogP contribution in [0.25, 0.3) is 16.7 Å². The summed E-state index contributed by atoms with van der Waals surface area (Å²) >= 11 is 3.68. The van der Waals surface area contributed by atoms with Gasteiger partial charge < -0.3 is 4.90 Å². The van der Waals surface area contributed by atoms with Crippen molar-refractivity contribution in [3.63, 3.8) is 0 Å². The Hall–Kier alpha value is -2.54. The van der Waals surface area contributed by atoms with Crippen LogP contribution >= 0.6 is 15.9 Å². The number of pyridine rings is 1. The summed E-state index contributed by atoms with van der Waals surface area (Å²) in [5.74, 6) is 1.50. The lowest BCUT2D eigenvalue weighted by atomic mass is 10.0. The molecule has 24 heavy (non-hydrogen) atoms. The normalized spacial score (nSPS) is 14.3. The van der Waals surface area contributed by atoms with Gasteiger partial charge in [0.25, 0.3) is 5.78 Å². The van der Waals surface area contributed by atoms with E-state index in [1.54, 1.807) is 12.5 Å². The van der Waals surface area contributed by atoms with E-state index in [0.29, 0.717) is 5.78 Å². The minimum Gasteiger partial charge on any atom is -0.325 e. The maximum absolute atomic E-state index is 4.79. The second-order valence-electron chi connectivity index (χ2n) is 5.82. The van der Waals surface area contributed by atoms with E-state index in [4.69, 9.17) is 4.98 Å². The van der Waals surface area contributed by atoms with E-state index in [1.807, 2.05) is 16.7 Å². The van der Waals surface area contributed by atoms with Gasteiger partial charge in [-0.3, -0.25) is 9.38 Å². The van der Waals surface area contributed by atoms with Crippen molar-refractivity contribution >= 4 is 44.1 Å². The third-order valence-corrected chi connectivity index (χ3v) is 5.23. The Morgan fingerprint density at radius 3 is 3.08 bits per heavy atom. The van der Waals surface area contributed by atoms with E-state index in [1.165, 1.54) is 11.3 Å². The van der Waals surface area contributed by atoms with Crippen molar-refractivity contribution in [2.75, 3.05) is 11.4 Å². The number of nitrogens with zero attached hydrogens (tertiary/aromatic N) is 6. The predicted octanol–water partition coefficient (Wildman–Crippen LogP) is 3.52. The fourth-order valence-electron chi connectivity index (χ4n) is 3.40. The van der Waals surface area contributed by atoms with E-state index >= 15 is 0 Å². The molecule has 0 saturated heterocycles. The monoisotopic (exact) mass is 380 g/mol. The summed E-state index contributed by atoms with van der Waals surface area (Å²) in [6, 6.07) is 8.32. The van der Waals surface area contributed by atoms with Gasteiger partial charge in [0.1, 0.15) is 12.1 Å². The van der Waals surface area contributed by atoms with Gasteiger partial charge in [-0.15, -0.1) is 10.2 Å². The van der Waals surface area contributed by atoms with E-state index in [2.05, 4.69) is 54.2 Å². The van der Waals surface area contributed by atoms with Gasteiger partial charge >= 0.3 is 0 Å². The number of hydrogen-bond donors (Lipinski definition) is 0. The van der Waals surface area contributed by atoms with Gasteiger partial charge in [-0.1, -0.05) is 22.0 Å². The molecule has 0 radical (unpaired) electrons. The van der Waals surface area contributed by atoms with Crippen LogP contribution in [0.2, 0.25) is 0 Å². The lowest BCUT2D eigenvalue weighted by Crippen LogP contribution is -2.26. The van der Waals surface area contributed by atoms with Gasteiger partial charge in [0.05, 0.1) is 11.7 Å². The van der Waals surface area contributed by atoms with E-state index in [0.717, 1.165) is 40.6 Å². The van der Waals surface area contributed by atoms with Crippen LogP contribution in [0.4, 0.5) is 11.5 Å². The Morgan fingerprint density at radius 1 is 1.17 bits per heavy atom. The number of anilines is 2. The van der Waals surface area contributed by atoms with E-state index in [9.17, 15) is 0 Å². The molecule has 3 aromatic heterocycles. The smallest absolute Gasteiger partial charge is 0.257 e. The molecular weight excluding hydrogens is 368 g/mol. The number of aromatic nitrogens is 5. The Labute approximate surface area is 146 Å². The van der Waals surface area contributed by atoms with Crippen LogP contribution in [0.15, 0.2) is 47.5 Å². The first-order chi connectivity index (χ1) is 11.8. The molecule has 0 N–H and O–H groups in total. The zero-order valence-electron chi connectivity index (χ0n) is 12.7. The van der Waals surface area contributed by atoms with Gasteiger partial charge in [0.2, 0.25) is 0 Å². The molecule has 4 aromatic rings. The molecule has 0 saturated carbocycles. The molecule has 0 amide bonds. The van der Waals surface area contributed by atoms with Gasteiger partial charge in [-0.25, -0.2) is 0 Å². The minimum atomic E-state index is 0.590. The fraction of sp³-hybridized carbons (Fsp3) is 0.176. The molecule has 0 unspecified atom stereocenters. The zero-order valence-corrected chi connectivity index (χ0v) is 14.3. The molecule has 1 aliphatic heterocycles. The van der Waals surface area contributed by atoms with Crippen molar-refractivity contribution in [3.05, 3.63) is 53.0 Å². The van der Waals surface area contributed by atoms with Crippen molar-refractivity contribution in [1.82, 2.24) is 24.6 Å². The van der Waals surface area contributed by atoms with Crippen LogP contribution in [0.3, 0.4) is 0 Å². The standard InChI is InChI=1S/C17H13BrN6/c18-13-4-1-5-14-11(13)3-2-8-23(14)16-12-6-7-19-9-15(12)24-10-20-22-17(24)21-16/h1,4-7,9-10H,2-3,8H2. The van der Waals surface area contributed by atoms with Crippen LogP contribution in [-0.2, 0) is 6.42 Å². The summed E-state index contributed by atoms with van der Waals surface area (Å²) in [5.41, 5.74) is 3.49. The van der Waals surface area contributed by atoms with E-state index < -0.39 is 0 Å². The Bertz CT molecular complexity index is 1070. The number of hydrogen-bond acceptors (Lipinski definition) is 5. The zero-order chi connectivity index (χ0) is 16.1. The first-order valence-electron chi connectivity index (χ1n) is 7.81. The summed E-state index contributed by atoms with van der Waals surface area (Å²) in [6.45, 7) is 0.929. The highest BCUT2D eigenvalue weighted by Crippen LogP contribution is 2.38. The van der Waals surface area contributed by atoms with Crippen LogP contribution in [0, 0.1) is 0 Å². The summed E-state index contributed by atoms with van der Waals surface area (Å²) in [6.07, 6.45) is 7.47. The van der Waals surface area contributed by atoms with E-state index in [-0.39, 0.29) is 0 Å². The lowest BCUT2D eigenvalue weighted by molar-refractivity contribution is 0.759. The molecule has 1 aromatic carbocycles. The molecule has 0 aliphatic carbocycles. The molecular formula is C17H13BrN6.